The van der Waals surface area contributed by atoms with Crippen molar-refractivity contribution < 1.29 is 22.7 Å². The van der Waals surface area contributed by atoms with Gasteiger partial charge in [-0.1, -0.05) is 23.5 Å². The van der Waals surface area contributed by atoms with Crippen LogP contribution in [0.2, 0.25) is 0 Å². The number of aryl methyl sites for hydroxylation is 1. The monoisotopic (exact) mass is 538 g/mol. The van der Waals surface area contributed by atoms with Crippen LogP contribution in [-0.2, 0) is 21.3 Å². The van der Waals surface area contributed by atoms with Crippen LogP contribution in [-0.4, -0.2) is 62.0 Å². The summed E-state index contributed by atoms with van der Waals surface area (Å²) in [5, 5.41) is 0.503. The predicted molar refractivity (Wildman–Crippen MR) is 142 cm³/mol. The Morgan fingerprint density at radius 3 is 2.54 bits per heavy atom. The van der Waals surface area contributed by atoms with Gasteiger partial charge in [-0.25, -0.2) is 13.4 Å². The van der Waals surface area contributed by atoms with Crippen molar-refractivity contribution in [2.45, 2.75) is 18.4 Å². The quantitative estimate of drug-likeness (QED) is 0.352. The Labute approximate surface area is 219 Å². The summed E-state index contributed by atoms with van der Waals surface area (Å²) in [6.45, 7) is 3.54. The lowest BCUT2D eigenvalue weighted by Crippen LogP contribution is -2.40. The molecule has 1 amide bonds. The number of sulfonamides is 1. The van der Waals surface area contributed by atoms with Crippen molar-refractivity contribution in [1.82, 2.24) is 14.3 Å². The maximum atomic E-state index is 13.8. The highest BCUT2D eigenvalue weighted by atomic mass is 32.2. The second kappa shape index (κ2) is 10.5. The number of ether oxygens (including phenoxy) is 2. The summed E-state index contributed by atoms with van der Waals surface area (Å²) in [5.41, 5.74) is 2.76. The maximum absolute atomic E-state index is 13.8. The first-order valence-electron chi connectivity index (χ1n) is 11.7. The molecular weight excluding hydrogens is 512 g/mol. The van der Waals surface area contributed by atoms with E-state index in [1.165, 1.54) is 27.8 Å². The van der Waals surface area contributed by atoms with Crippen LogP contribution >= 0.6 is 11.3 Å². The van der Waals surface area contributed by atoms with Gasteiger partial charge in [-0.05, 0) is 55.0 Å². The number of thiazole rings is 1. The molecule has 1 aliphatic heterocycles. The summed E-state index contributed by atoms with van der Waals surface area (Å²) in [6, 6.07) is 15.4. The molecule has 0 unspecified atom stereocenters. The third-order valence-electron chi connectivity index (χ3n) is 6.14. The van der Waals surface area contributed by atoms with Gasteiger partial charge in [0.2, 0.25) is 10.0 Å². The zero-order chi connectivity index (χ0) is 26.0. The number of amides is 1. The van der Waals surface area contributed by atoms with Crippen molar-refractivity contribution in [3.63, 3.8) is 0 Å². The molecule has 0 N–H and O–H groups in total. The van der Waals surface area contributed by atoms with E-state index in [1.807, 2.05) is 37.3 Å². The molecule has 37 heavy (non-hydrogen) atoms. The number of hydrogen-bond donors (Lipinski definition) is 0. The number of pyridine rings is 1. The Bertz CT molecular complexity index is 1520. The molecule has 2 aromatic carbocycles. The molecule has 2 aromatic heterocycles. The summed E-state index contributed by atoms with van der Waals surface area (Å²) in [7, 11) is -2.07. The summed E-state index contributed by atoms with van der Waals surface area (Å²) < 4.78 is 39.1. The van der Waals surface area contributed by atoms with Gasteiger partial charge in [0.1, 0.15) is 11.3 Å². The van der Waals surface area contributed by atoms with Gasteiger partial charge in [-0.3, -0.25) is 14.7 Å². The molecule has 192 valence electrons. The molecular formula is C26H26N4O5S2. The highest BCUT2D eigenvalue weighted by Gasteiger charge is 2.28. The molecule has 0 aliphatic carbocycles. The van der Waals surface area contributed by atoms with Crippen molar-refractivity contribution in [3.8, 4) is 5.75 Å². The first-order valence-corrected chi connectivity index (χ1v) is 14.0. The fourth-order valence-electron chi connectivity index (χ4n) is 4.12. The van der Waals surface area contributed by atoms with E-state index in [0.29, 0.717) is 54.0 Å². The van der Waals surface area contributed by atoms with Crippen LogP contribution < -0.4 is 9.64 Å². The molecule has 0 atom stereocenters. The van der Waals surface area contributed by atoms with Crippen LogP contribution in [0, 0.1) is 6.92 Å². The Kier molecular flexibility index (Phi) is 7.20. The lowest BCUT2D eigenvalue weighted by Gasteiger charge is -2.26. The number of carbonyl (C=O) groups excluding carboxylic acids is 1. The SMILES string of the molecule is COc1ccc(C)c2sc(N(Cc3ccccn3)C(=O)c3ccc(S(=O)(=O)N4CCOCC4)cc3)nc12. The molecule has 5 rings (SSSR count). The van der Waals surface area contributed by atoms with Crippen LogP contribution in [0.3, 0.4) is 0 Å². The minimum Gasteiger partial charge on any atom is -0.494 e. The Morgan fingerprint density at radius 2 is 1.86 bits per heavy atom. The van der Waals surface area contributed by atoms with E-state index in [-0.39, 0.29) is 17.3 Å². The first kappa shape index (κ1) is 25.3. The Balaban J connectivity index is 1.50. The van der Waals surface area contributed by atoms with E-state index in [0.717, 1.165) is 10.3 Å². The minimum atomic E-state index is -3.66. The summed E-state index contributed by atoms with van der Waals surface area (Å²) in [5.74, 6) is 0.322. The topological polar surface area (TPSA) is 102 Å². The number of fused-ring (bicyclic) bond motifs is 1. The lowest BCUT2D eigenvalue weighted by molar-refractivity contribution is 0.0730. The molecule has 9 nitrogen and oxygen atoms in total. The molecule has 0 saturated carbocycles. The van der Waals surface area contributed by atoms with Gasteiger partial charge < -0.3 is 9.47 Å². The van der Waals surface area contributed by atoms with Crippen LogP contribution in [0.5, 0.6) is 5.75 Å². The van der Waals surface area contributed by atoms with Crippen LogP contribution in [0.1, 0.15) is 21.6 Å². The maximum Gasteiger partial charge on any atom is 0.260 e. The van der Waals surface area contributed by atoms with Gasteiger partial charge >= 0.3 is 0 Å². The summed E-state index contributed by atoms with van der Waals surface area (Å²) in [6.07, 6.45) is 1.68. The number of benzene rings is 2. The molecule has 0 radical (unpaired) electrons. The van der Waals surface area contributed by atoms with Gasteiger partial charge in [-0.2, -0.15) is 4.31 Å². The third kappa shape index (κ3) is 5.08. The van der Waals surface area contributed by atoms with Gasteiger partial charge in [0.05, 0.1) is 42.2 Å². The van der Waals surface area contributed by atoms with E-state index in [9.17, 15) is 13.2 Å². The van der Waals surface area contributed by atoms with Gasteiger partial charge in [0.25, 0.3) is 5.91 Å². The second-order valence-electron chi connectivity index (χ2n) is 8.51. The van der Waals surface area contributed by atoms with E-state index >= 15 is 0 Å². The van der Waals surface area contributed by atoms with Gasteiger partial charge in [-0.15, -0.1) is 0 Å². The Hall–Kier alpha value is -3.38. The molecule has 3 heterocycles. The van der Waals surface area contributed by atoms with Crippen LogP contribution in [0.15, 0.2) is 65.7 Å². The van der Waals surface area contributed by atoms with E-state index in [1.54, 1.807) is 30.3 Å². The predicted octanol–water partition coefficient (Wildman–Crippen LogP) is 3.88. The number of methoxy groups -OCH3 is 1. The van der Waals surface area contributed by atoms with E-state index < -0.39 is 10.0 Å². The summed E-state index contributed by atoms with van der Waals surface area (Å²) >= 11 is 1.40. The number of hydrogen-bond acceptors (Lipinski definition) is 8. The molecule has 1 saturated heterocycles. The average molecular weight is 539 g/mol. The molecule has 1 aliphatic rings. The zero-order valence-corrected chi connectivity index (χ0v) is 22.1. The van der Waals surface area contributed by atoms with Crippen molar-refractivity contribution in [3.05, 3.63) is 77.6 Å². The normalized spacial score (nSPS) is 14.5. The van der Waals surface area contributed by atoms with Crippen molar-refractivity contribution in [2.75, 3.05) is 38.3 Å². The van der Waals surface area contributed by atoms with Gasteiger partial charge in [0.15, 0.2) is 5.13 Å². The van der Waals surface area contributed by atoms with Crippen molar-refractivity contribution in [1.29, 1.82) is 0 Å². The molecule has 0 bridgehead atoms. The summed E-state index contributed by atoms with van der Waals surface area (Å²) in [4.78, 5) is 24.6. The highest BCUT2D eigenvalue weighted by molar-refractivity contribution is 7.89. The van der Waals surface area contributed by atoms with Crippen LogP contribution in [0.25, 0.3) is 10.2 Å². The van der Waals surface area contributed by atoms with Crippen molar-refractivity contribution >= 4 is 42.6 Å². The average Bonchev–Trinajstić information content (AvgIpc) is 3.39. The van der Waals surface area contributed by atoms with Gasteiger partial charge in [0, 0.05) is 24.8 Å². The van der Waals surface area contributed by atoms with Crippen LogP contribution in [0.4, 0.5) is 5.13 Å². The molecule has 11 heteroatoms. The second-order valence-corrected chi connectivity index (χ2v) is 11.4. The number of aromatic nitrogens is 2. The lowest BCUT2D eigenvalue weighted by atomic mass is 10.2. The third-order valence-corrected chi connectivity index (χ3v) is 9.27. The smallest absolute Gasteiger partial charge is 0.260 e. The molecule has 1 fully saturated rings. The fourth-order valence-corrected chi connectivity index (χ4v) is 6.58. The fraction of sp³-hybridized carbons (Fsp3) is 0.269. The number of carbonyl (C=O) groups is 1. The molecule has 0 spiro atoms. The standard InChI is InChI=1S/C26H26N4O5S2/c1-18-6-11-22(34-2)23-24(18)36-26(28-23)30(17-20-5-3-4-12-27-20)25(31)19-7-9-21(10-8-19)37(32,33)29-13-15-35-16-14-29/h3-12H,13-17H2,1-2H3. The largest absolute Gasteiger partial charge is 0.494 e. The van der Waals surface area contributed by atoms with E-state index in [2.05, 4.69) is 4.98 Å². The number of morpholine rings is 1. The number of nitrogens with zero attached hydrogens (tertiary/aromatic N) is 4. The molecule has 4 aromatic rings. The van der Waals surface area contributed by atoms with E-state index in [4.69, 9.17) is 14.5 Å². The number of anilines is 1. The Morgan fingerprint density at radius 1 is 1.11 bits per heavy atom. The first-order chi connectivity index (χ1) is 17.9. The number of rotatable bonds is 7. The van der Waals surface area contributed by atoms with Crippen molar-refractivity contribution in [2.24, 2.45) is 0 Å². The highest BCUT2D eigenvalue weighted by Crippen LogP contribution is 2.37. The minimum absolute atomic E-state index is 0.141. The zero-order valence-electron chi connectivity index (χ0n) is 20.5.